The van der Waals surface area contributed by atoms with Gasteiger partial charge >= 0.3 is 0 Å². The van der Waals surface area contributed by atoms with Gasteiger partial charge in [0.25, 0.3) is 0 Å². The van der Waals surface area contributed by atoms with E-state index < -0.39 is 12.4 Å². The van der Waals surface area contributed by atoms with Gasteiger partial charge in [-0.05, 0) is 21.0 Å². The first kappa shape index (κ1) is 10.9. The molecule has 0 saturated carbocycles. The van der Waals surface area contributed by atoms with Gasteiger partial charge in [0, 0.05) is 12.0 Å². The van der Waals surface area contributed by atoms with Crippen molar-refractivity contribution in [1.29, 1.82) is 0 Å². The summed E-state index contributed by atoms with van der Waals surface area (Å²) in [6.45, 7) is 3.93. The highest BCUT2D eigenvalue weighted by atomic mass is 16.6. The van der Waals surface area contributed by atoms with Crippen molar-refractivity contribution >= 4 is 0 Å². The van der Waals surface area contributed by atoms with Crippen LogP contribution in [-0.4, -0.2) is 53.7 Å². The van der Waals surface area contributed by atoms with Crippen molar-refractivity contribution in [2.24, 2.45) is 5.92 Å². The zero-order valence-corrected chi connectivity index (χ0v) is 8.64. The summed E-state index contributed by atoms with van der Waals surface area (Å²) in [5.74, 6) is 0.216. The fourth-order valence-electron chi connectivity index (χ4n) is 1.96. The Bertz CT molecular complexity index is 160. The van der Waals surface area contributed by atoms with E-state index in [-0.39, 0.29) is 18.1 Å². The Morgan fingerprint density at radius 2 is 1.69 bits per heavy atom. The highest BCUT2D eigenvalue weighted by molar-refractivity contribution is 4.89. The Morgan fingerprint density at radius 1 is 1.15 bits per heavy atom. The predicted molar refractivity (Wildman–Crippen MR) is 49.2 cm³/mol. The minimum absolute atomic E-state index is 0.0224. The van der Waals surface area contributed by atoms with Gasteiger partial charge in [-0.3, -0.25) is 0 Å². The van der Waals surface area contributed by atoms with Crippen LogP contribution in [0.3, 0.4) is 0 Å². The van der Waals surface area contributed by atoms with Crippen molar-refractivity contribution < 1.29 is 14.9 Å². The summed E-state index contributed by atoms with van der Waals surface area (Å²) in [6.07, 6.45) is -1.90. The van der Waals surface area contributed by atoms with Gasteiger partial charge in [0.05, 0.1) is 6.10 Å². The molecule has 1 fully saturated rings. The smallest absolute Gasteiger partial charge is 0.182 e. The van der Waals surface area contributed by atoms with Gasteiger partial charge in [0.1, 0.15) is 6.10 Å². The maximum atomic E-state index is 9.68. The fourth-order valence-corrected chi connectivity index (χ4v) is 1.96. The molecule has 0 radical (unpaired) electrons. The SMILES string of the molecule is C[C@H]1[C@H](N(C)C)[C@@H](O)C(O)O[C@@H]1C. The molecule has 0 aliphatic carbocycles. The Labute approximate surface area is 79.1 Å². The van der Waals surface area contributed by atoms with Crippen LogP contribution in [0.5, 0.6) is 0 Å². The highest BCUT2D eigenvalue weighted by Crippen LogP contribution is 2.27. The molecule has 1 unspecified atom stereocenters. The van der Waals surface area contributed by atoms with Crippen LogP contribution in [0.2, 0.25) is 0 Å². The molecule has 78 valence electrons. The molecule has 0 aromatic carbocycles. The lowest BCUT2D eigenvalue weighted by atomic mass is 9.88. The van der Waals surface area contributed by atoms with Gasteiger partial charge in [0.15, 0.2) is 6.29 Å². The number of hydrogen-bond donors (Lipinski definition) is 2. The molecule has 0 aromatic rings. The van der Waals surface area contributed by atoms with E-state index in [0.29, 0.717) is 0 Å². The first-order valence-corrected chi connectivity index (χ1v) is 4.63. The van der Waals surface area contributed by atoms with Gasteiger partial charge in [-0.1, -0.05) is 6.92 Å². The molecule has 5 atom stereocenters. The Balaban J connectivity index is 2.76. The van der Waals surface area contributed by atoms with E-state index in [0.717, 1.165) is 0 Å². The lowest BCUT2D eigenvalue weighted by Gasteiger charge is -2.43. The number of aliphatic hydroxyl groups excluding tert-OH is 2. The summed E-state index contributed by atoms with van der Waals surface area (Å²) in [5.41, 5.74) is 0. The quantitative estimate of drug-likeness (QED) is 0.592. The summed E-state index contributed by atoms with van der Waals surface area (Å²) < 4.78 is 5.17. The molecule has 13 heavy (non-hydrogen) atoms. The van der Waals surface area contributed by atoms with Crippen LogP contribution in [0.4, 0.5) is 0 Å². The van der Waals surface area contributed by atoms with E-state index in [9.17, 15) is 10.2 Å². The van der Waals surface area contributed by atoms with E-state index in [1.54, 1.807) is 0 Å². The molecule has 2 N–H and O–H groups in total. The molecule has 1 rings (SSSR count). The number of ether oxygens (including phenoxy) is 1. The third kappa shape index (κ3) is 2.02. The summed E-state index contributed by atoms with van der Waals surface area (Å²) in [7, 11) is 3.80. The number of hydrogen-bond acceptors (Lipinski definition) is 4. The summed E-state index contributed by atoms with van der Waals surface area (Å²) in [5, 5.41) is 19.1. The fraction of sp³-hybridized carbons (Fsp3) is 1.00. The molecule has 0 bridgehead atoms. The van der Waals surface area contributed by atoms with Crippen LogP contribution in [0.15, 0.2) is 0 Å². The van der Waals surface area contributed by atoms with Gasteiger partial charge < -0.3 is 19.8 Å². The standard InChI is InChI=1S/C9H19NO3/c1-5-6(2)13-9(12)8(11)7(5)10(3)4/h5-9,11-12H,1-4H3/t5-,6-,7+,8-,9?/m1/s1. The normalized spacial score (nSPS) is 46.8. The average Bonchev–Trinajstić information content (AvgIpc) is 2.01. The molecular formula is C9H19NO3. The van der Waals surface area contributed by atoms with Crippen LogP contribution in [0, 0.1) is 5.92 Å². The van der Waals surface area contributed by atoms with Crippen LogP contribution in [-0.2, 0) is 4.74 Å². The maximum Gasteiger partial charge on any atom is 0.182 e. The number of aliphatic hydroxyl groups is 2. The van der Waals surface area contributed by atoms with E-state index in [1.807, 2.05) is 32.8 Å². The Morgan fingerprint density at radius 3 is 2.15 bits per heavy atom. The molecule has 1 saturated heterocycles. The monoisotopic (exact) mass is 189 g/mol. The van der Waals surface area contributed by atoms with Crippen molar-refractivity contribution in [3.63, 3.8) is 0 Å². The topological polar surface area (TPSA) is 52.9 Å². The van der Waals surface area contributed by atoms with Crippen molar-refractivity contribution in [2.75, 3.05) is 14.1 Å². The molecule has 0 amide bonds. The molecule has 4 heteroatoms. The predicted octanol–water partition coefficient (Wildman–Crippen LogP) is -0.349. The second-order valence-corrected chi connectivity index (χ2v) is 4.04. The Hall–Kier alpha value is -0.160. The largest absolute Gasteiger partial charge is 0.386 e. The molecule has 1 heterocycles. The van der Waals surface area contributed by atoms with Crippen molar-refractivity contribution in [2.45, 2.75) is 38.4 Å². The van der Waals surface area contributed by atoms with E-state index in [1.165, 1.54) is 0 Å². The molecule has 1 aliphatic rings. The van der Waals surface area contributed by atoms with Crippen molar-refractivity contribution in [3.05, 3.63) is 0 Å². The second-order valence-electron chi connectivity index (χ2n) is 4.04. The highest BCUT2D eigenvalue weighted by Gasteiger charge is 2.41. The lowest BCUT2D eigenvalue weighted by Crippen LogP contribution is -2.57. The minimum Gasteiger partial charge on any atom is -0.386 e. The molecule has 1 aliphatic heterocycles. The first-order valence-electron chi connectivity index (χ1n) is 4.63. The molecule has 0 aromatic heterocycles. The maximum absolute atomic E-state index is 9.68. The van der Waals surface area contributed by atoms with Crippen LogP contribution in [0.1, 0.15) is 13.8 Å². The molecule has 0 spiro atoms. The number of rotatable bonds is 1. The van der Waals surface area contributed by atoms with Crippen molar-refractivity contribution in [3.8, 4) is 0 Å². The van der Waals surface area contributed by atoms with Gasteiger partial charge in [-0.25, -0.2) is 0 Å². The van der Waals surface area contributed by atoms with E-state index >= 15 is 0 Å². The van der Waals surface area contributed by atoms with Crippen LogP contribution in [0.25, 0.3) is 0 Å². The minimum atomic E-state index is -1.06. The summed E-state index contributed by atoms with van der Waals surface area (Å²) in [6, 6.07) is -0.0428. The molecular weight excluding hydrogens is 170 g/mol. The van der Waals surface area contributed by atoms with Crippen LogP contribution < -0.4 is 0 Å². The third-order valence-electron chi connectivity index (χ3n) is 2.87. The number of likely N-dealkylation sites (N-methyl/N-ethyl adjacent to an activating group) is 1. The summed E-state index contributed by atoms with van der Waals surface area (Å²) in [4.78, 5) is 1.93. The zero-order chi connectivity index (χ0) is 10.2. The lowest BCUT2D eigenvalue weighted by molar-refractivity contribution is -0.247. The first-order chi connectivity index (χ1) is 5.95. The van der Waals surface area contributed by atoms with Gasteiger partial charge in [0.2, 0.25) is 0 Å². The van der Waals surface area contributed by atoms with Crippen LogP contribution >= 0.6 is 0 Å². The third-order valence-corrected chi connectivity index (χ3v) is 2.87. The van der Waals surface area contributed by atoms with Crippen molar-refractivity contribution in [1.82, 2.24) is 4.90 Å². The number of nitrogens with zero attached hydrogens (tertiary/aromatic N) is 1. The van der Waals surface area contributed by atoms with E-state index in [2.05, 4.69) is 0 Å². The van der Waals surface area contributed by atoms with Gasteiger partial charge in [-0.2, -0.15) is 0 Å². The zero-order valence-electron chi connectivity index (χ0n) is 8.64. The molecule has 4 nitrogen and oxygen atoms in total. The summed E-state index contributed by atoms with van der Waals surface area (Å²) >= 11 is 0. The average molecular weight is 189 g/mol. The second kappa shape index (κ2) is 3.92. The van der Waals surface area contributed by atoms with Gasteiger partial charge in [-0.15, -0.1) is 0 Å². The van der Waals surface area contributed by atoms with E-state index in [4.69, 9.17) is 4.74 Å². The Kier molecular flexibility index (Phi) is 3.29.